The van der Waals surface area contributed by atoms with Crippen LogP contribution in [0.5, 0.6) is 5.75 Å². The Labute approximate surface area is 140 Å². The fraction of sp³-hybridized carbons (Fsp3) is 0.625. The van der Waals surface area contributed by atoms with Crippen LogP contribution in [-0.2, 0) is 11.3 Å². The van der Waals surface area contributed by atoms with E-state index in [4.69, 9.17) is 9.47 Å². The van der Waals surface area contributed by atoms with E-state index in [9.17, 15) is 5.11 Å². The van der Waals surface area contributed by atoms with E-state index in [0.717, 1.165) is 28.9 Å². The largest absolute Gasteiger partial charge is 0.491 e. The van der Waals surface area contributed by atoms with Crippen molar-refractivity contribution in [2.24, 2.45) is 5.92 Å². The zero-order valence-electron chi connectivity index (χ0n) is 13.0. The highest BCUT2D eigenvalue weighted by molar-refractivity contribution is 9.10. The molecular formula is C16H25BrN2O3. The van der Waals surface area contributed by atoms with Crippen molar-refractivity contribution in [1.29, 1.82) is 0 Å². The third-order valence-corrected chi connectivity index (χ3v) is 4.23. The van der Waals surface area contributed by atoms with Gasteiger partial charge < -0.3 is 25.2 Å². The standard InChI is InChI=1S/C16H25BrN2O3/c1-2-21-5-6-22-16-4-3-14(17)7-12(16)8-18-9-13-10-19-11-15(13)20/h3-4,7,13,15,18-20H,2,5-6,8-11H2,1H3. The van der Waals surface area contributed by atoms with Gasteiger partial charge in [-0.05, 0) is 25.1 Å². The molecule has 6 heteroatoms. The van der Waals surface area contributed by atoms with E-state index in [1.165, 1.54) is 0 Å². The Hall–Kier alpha value is -0.660. The van der Waals surface area contributed by atoms with Gasteiger partial charge >= 0.3 is 0 Å². The molecule has 0 aliphatic carbocycles. The molecule has 0 spiro atoms. The van der Waals surface area contributed by atoms with E-state index in [1.807, 2.05) is 19.1 Å². The number of halogens is 1. The Bertz CT molecular complexity index is 459. The van der Waals surface area contributed by atoms with E-state index in [2.05, 4.69) is 32.6 Å². The van der Waals surface area contributed by atoms with Gasteiger partial charge in [0.15, 0.2) is 0 Å². The van der Waals surface area contributed by atoms with Gasteiger partial charge in [-0.2, -0.15) is 0 Å². The molecule has 0 amide bonds. The lowest BCUT2D eigenvalue weighted by molar-refractivity contribution is 0.109. The van der Waals surface area contributed by atoms with Gasteiger partial charge in [0.1, 0.15) is 12.4 Å². The Morgan fingerprint density at radius 1 is 1.36 bits per heavy atom. The Morgan fingerprint density at radius 2 is 2.23 bits per heavy atom. The van der Waals surface area contributed by atoms with Crippen LogP contribution in [0.4, 0.5) is 0 Å². The normalized spacial score (nSPS) is 21.2. The molecule has 0 bridgehead atoms. The molecule has 5 nitrogen and oxygen atoms in total. The summed E-state index contributed by atoms with van der Waals surface area (Å²) in [5.41, 5.74) is 1.10. The minimum Gasteiger partial charge on any atom is -0.491 e. The Morgan fingerprint density at radius 3 is 2.95 bits per heavy atom. The van der Waals surface area contributed by atoms with Crippen LogP contribution in [0.3, 0.4) is 0 Å². The fourth-order valence-electron chi connectivity index (χ4n) is 2.50. The number of hydrogen-bond donors (Lipinski definition) is 3. The van der Waals surface area contributed by atoms with Gasteiger partial charge in [0, 0.05) is 48.7 Å². The van der Waals surface area contributed by atoms with Crippen molar-refractivity contribution in [2.75, 3.05) is 39.5 Å². The van der Waals surface area contributed by atoms with Gasteiger partial charge in [0.2, 0.25) is 0 Å². The molecule has 1 fully saturated rings. The molecule has 0 saturated carbocycles. The van der Waals surface area contributed by atoms with E-state index in [1.54, 1.807) is 0 Å². The maximum atomic E-state index is 9.80. The number of nitrogens with one attached hydrogen (secondary N) is 2. The number of aliphatic hydroxyl groups excluding tert-OH is 1. The van der Waals surface area contributed by atoms with Gasteiger partial charge in [0.05, 0.1) is 12.7 Å². The lowest BCUT2D eigenvalue weighted by atomic mass is 10.1. The second kappa shape index (κ2) is 9.47. The summed E-state index contributed by atoms with van der Waals surface area (Å²) in [5, 5.41) is 16.4. The minimum absolute atomic E-state index is 0.253. The first-order valence-corrected chi connectivity index (χ1v) is 8.58. The molecule has 2 rings (SSSR count). The van der Waals surface area contributed by atoms with Gasteiger partial charge in [-0.1, -0.05) is 15.9 Å². The summed E-state index contributed by atoms with van der Waals surface area (Å²) >= 11 is 3.50. The predicted octanol–water partition coefficient (Wildman–Crippen LogP) is 1.53. The van der Waals surface area contributed by atoms with Crippen molar-refractivity contribution in [3.63, 3.8) is 0 Å². The van der Waals surface area contributed by atoms with Gasteiger partial charge in [-0.3, -0.25) is 0 Å². The second-order valence-corrected chi connectivity index (χ2v) is 6.33. The summed E-state index contributed by atoms with van der Waals surface area (Å²) in [6.07, 6.45) is -0.253. The molecule has 0 aromatic heterocycles. The summed E-state index contributed by atoms with van der Waals surface area (Å²) in [5.74, 6) is 1.15. The Kier molecular flexibility index (Phi) is 7.62. The first-order valence-electron chi connectivity index (χ1n) is 7.79. The van der Waals surface area contributed by atoms with E-state index < -0.39 is 0 Å². The quantitative estimate of drug-likeness (QED) is 0.573. The number of ether oxygens (including phenoxy) is 2. The summed E-state index contributed by atoms with van der Waals surface area (Å²) in [7, 11) is 0. The monoisotopic (exact) mass is 372 g/mol. The molecule has 22 heavy (non-hydrogen) atoms. The van der Waals surface area contributed by atoms with Crippen LogP contribution in [0.15, 0.2) is 22.7 Å². The molecule has 1 heterocycles. The van der Waals surface area contributed by atoms with Gasteiger partial charge in [0.25, 0.3) is 0 Å². The van der Waals surface area contributed by atoms with Crippen molar-refractivity contribution in [3.8, 4) is 5.75 Å². The average molecular weight is 373 g/mol. The second-order valence-electron chi connectivity index (χ2n) is 5.41. The summed E-state index contributed by atoms with van der Waals surface area (Å²) in [6, 6.07) is 6.01. The van der Waals surface area contributed by atoms with E-state index in [-0.39, 0.29) is 12.0 Å². The molecule has 124 valence electrons. The van der Waals surface area contributed by atoms with Crippen LogP contribution in [0.1, 0.15) is 12.5 Å². The van der Waals surface area contributed by atoms with Crippen LogP contribution in [0, 0.1) is 5.92 Å². The van der Waals surface area contributed by atoms with Crippen molar-refractivity contribution >= 4 is 15.9 Å². The number of aliphatic hydroxyl groups is 1. The summed E-state index contributed by atoms with van der Waals surface area (Å²) in [6.45, 7) is 6.88. The molecule has 0 radical (unpaired) electrons. The topological polar surface area (TPSA) is 62.8 Å². The molecular weight excluding hydrogens is 348 g/mol. The van der Waals surface area contributed by atoms with Crippen LogP contribution < -0.4 is 15.4 Å². The molecule has 1 aliphatic rings. The van der Waals surface area contributed by atoms with Crippen LogP contribution in [0.2, 0.25) is 0 Å². The molecule has 1 saturated heterocycles. The number of β-amino-alcohol motifs (C(OH)–C–C–N with tert-alkyl or cyclic N) is 1. The Balaban J connectivity index is 1.83. The zero-order chi connectivity index (χ0) is 15.8. The maximum Gasteiger partial charge on any atom is 0.123 e. The van der Waals surface area contributed by atoms with Gasteiger partial charge in [-0.15, -0.1) is 0 Å². The molecule has 1 aliphatic heterocycles. The third kappa shape index (κ3) is 5.52. The van der Waals surface area contributed by atoms with Crippen molar-refractivity contribution < 1.29 is 14.6 Å². The van der Waals surface area contributed by atoms with E-state index in [0.29, 0.717) is 32.9 Å². The average Bonchev–Trinajstić information content (AvgIpc) is 2.91. The lowest BCUT2D eigenvalue weighted by Gasteiger charge is -2.16. The van der Waals surface area contributed by atoms with E-state index >= 15 is 0 Å². The predicted molar refractivity (Wildman–Crippen MR) is 90.2 cm³/mol. The summed E-state index contributed by atoms with van der Waals surface area (Å²) < 4.78 is 12.1. The molecule has 2 atom stereocenters. The highest BCUT2D eigenvalue weighted by Gasteiger charge is 2.24. The van der Waals surface area contributed by atoms with Crippen molar-refractivity contribution in [2.45, 2.75) is 19.6 Å². The maximum absolute atomic E-state index is 9.80. The number of rotatable bonds is 9. The number of hydrogen-bond acceptors (Lipinski definition) is 5. The van der Waals surface area contributed by atoms with Crippen LogP contribution in [-0.4, -0.2) is 50.7 Å². The first kappa shape index (κ1) is 17.7. The van der Waals surface area contributed by atoms with Crippen LogP contribution in [0.25, 0.3) is 0 Å². The highest BCUT2D eigenvalue weighted by atomic mass is 79.9. The van der Waals surface area contributed by atoms with Crippen molar-refractivity contribution in [3.05, 3.63) is 28.2 Å². The molecule has 1 aromatic rings. The van der Waals surface area contributed by atoms with Gasteiger partial charge in [-0.25, -0.2) is 0 Å². The van der Waals surface area contributed by atoms with Crippen molar-refractivity contribution in [1.82, 2.24) is 10.6 Å². The molecule has 2 unspecified atom stereocenters. The number of benzene rings is 1. The SMILES string of the molecule is CCOCCOc1ccc(Br)cc1CNCC1CNCC1O. The zero-order valence-corrected chi connectivity index (χ0v) is 14.6. The fourth-order valence-corrected chi connectivity index (χ4v) is 2.91. The molecule has 1 aromatic carbocycles. The minimum atomic E-state index is -0.253. The lowest BCUT2D eigenvalue weighted by Crippen LogP contribution is -2.30. The summed E-state index contributed by atoms with van der Waals surface area (Å²) in [4.78, 5) is 0. The smallest absolute Gasteiger partial charge is 0.123 e. The van der Waals surface area contributed by atoms with Crippen LogP contribution >= 0.6 is 15.9 Å². The first-order chi connectivity index (χ1) is 10.7. The third-order valence-electron chi connectivity index (χ3n) is 3.74. The highest BCUT2D eigenvalue weighted by Crippen LogP contribution is 2.23. The molecule has 3 N–H and O–H groups in total.